The second kappa shape index (κ2) is 10.8. The molecular formula is C24H34N3O2+. The van der Waals surface area contributed by atoms with Gasteiger partial charge in [-0.05, 0) is 43.9 Å². The first-order valence-corrected chi connectivity index (χ1v) is 10.3. The molecule has 0 bridgehead atoms. The number of quaternary nitrogens is 1. The number of benzene rings is 2. The highest BCUT2D eigenvalue weighted by Gasteiger charge is 2.19. The molecule has 0 aromatic heterocycles. The van der Waals surface area contributed by atoms with E-state index >= 15 is 0 Å². The van der Waals surface area contributed by atoms with E-state index < -0.39 is 0 Å². The number of aryl methyl sites for hydroxylation is 3. The fourth-order valence-electron chi connectivity index (χ4n) is 3.71. The summed E-state index contributed by atoms with van der Waals surface area (Å²) in [6.45, 7) is 8.65. The molecule has 5 nitrogen and oxygen atoms in total. The Labute approximate surface area is 174 Å². The lowest BCUT2D eigenvalue weighted by Crippen LogP contribution is -3.11. The molecular weight excluding hydrogens is 362 g/mol. The molecule has 2 amide bonds. The fourth-order valence-corrected chi connectivity index (χ4v) is 3.71. The third-order valence-corrected chi connectivity index (χ3v) is 4.98. The van der Waals surface area contributed by atoms with Gasteiger partial charge < -0.3 is 15.5 Å². The maximum absolute atomic E-state index is 12.5. The number of nitrogens with one attached hydrogen (secondary N) is 3. The van der Waals surface area contributed by atoms with Gasteiger partial charge in [-0.15, -0.1) is 0 Å². The Morgan fingerprint density at radius 2 is 1.55 bits per heavy atom. The van der Waals surface area contributed by atoms with Crippen molar-refractivity contribution >= 4 is 17.5 Å². The van der Waals surface area contributed by atoms with E-state index in [2.05, 4.69) is 29.7 Å². The molecule has 0 saturated carbocycles. The lowest BCUT2D eigenvalue weighted by atomic mass is 10.0. The molecule has 3 N–H and O–H groups in total. The van der Waals surface area contributed by atoms with Crippen molar-refractivity contribution in [3.63, 3.8) is 0 Å². The smallest absolute Gasteiger partial charge is 0.279 e. The van der Waals surface area contributed by atoms with Crippen LogP contribution in [0.15, 0.2) is 42.5 Å². The van der Waals surface area contributed by atoms with E-state index in [1.807, 2.05) is 58.2 Å². The van der Waals surface area contributed by atoms with Crippen molar-refractivity contribution in [2.45, 2.75) is 46.6 Å². The van der Waals surface area contributed by atoms with Crippen LogP contribution in [-0.2, 0) is 9.59 Å². The number of carbonyl (C=O) groups is 2. The Morgan fingerprint density at radius 3 is 2.14 bits per heavy atom. The summed E-state index contributed by atoms with van der Waals surface area (Å²) in [6.07, 6.45) is 1.88. The van der Waals surface area contributed by atoms with E-state index in [1.165, 1.54) is 5.56 Å². The maximum Gasteiger partial charge on any atom is 0.279 e. The molecule has 29 heavy (non-hydrogen) atoms. The minimum atomic E-state index is -0.0847. The predicted octanol–water partition coefficient (Wildman–Crippen LogP) is 2.72. The Kier molecular flexibility index (Phi) is 8.40. The summed E-state index contributed by atoms with van der Waals surface area (Å²) in [5.41, 5.74) is 5.26. The molecule has 0 aliphatic carbocycles. The van der Waals surface area contributed by atoms with Gasteiger partial charge in [0.15, 0.2) is 13.1 Å². The quantitative estimate of drug-likeness (QED) is 0.610. The summed E-state index contributed by atoms with van der Waals surface area (Å²) >= 11 is 0. The molecule has 0 fully saturated rings. The number of hydrogen-bond donors (Lipinski definition) is 3. The van der Waals surface area contributed by atoms with E-state index in [0.717, 1.165) is 40.1 Å². The standard InChI is InChI=1S/C24H33N3O2/c1-6-10-21(20-11-8-7-9-12-20)25-22(28)15-27(5)16-23(29)26-24-18(3)13-17(2)14-19(24)4/h7-9,11-14,21H,6,10,15-16H2,1-5H3,(H,25,28)(H,26,29)/p+1/t21-/m0/s1. The van der Waals surface area contributed by atoms with Crippen LogP contribution in [0, 0.1) is 20.8 Å². The molecule has 0 aliphatic rings. The first kappa shape index (κ1) is 22.6. The molecule has 0 heterocycles. The summed E-state index contributed by atoms with van der Waals surface area (Å²) in [5, 5.41) is 6.13. The topological polar surface area (TPSA) is 62.6 Å². The summed E-state index contributed by atoms with van der Waals surface area (Å²) in [4.78, 5) is 25.9. The highest BCUT2D eigenvalue weighted by Crippen LogP contribution is 2.21. The Hall–Kier alpha value is -2.66. The van der Waals surface area contributed by atoms with E-state index in [-0.39, 0.29) is 30.9 Å². The van der Waals surface area contributed by atoms with E-state index in [9.17, 15) is 9.59 Å². The van der Waals surface area contributed by atoms with Gasteiger partial charge in [0.2, 0.25) is 0 Å². The summed E-state index contributed by atoms with van der Waals surface area (Å²) in [7, 11) is 1.87. The first-order chi connectivity index (χ1) is 13.8. The lowest BCUT2D eigenvalue weighted by molar-refractivity contribution is -0.862. The summed E-state index contributed by atoms with van der Waals surface area (Å²) < 4.78 is 0. The van der Waals surface area contributed by atoms with Gasteiger partial charge in [0.05, 0.1) is 13.1 Å². The summed E-state index contributed by atoms with van der Waals surface area (Å²) in [5.74, 6) is -0.126. The fraction of sp³-hybridized carbons (Fsp3) is 0.417. The van der Waals surface area contributed by atoms with Crippen molar-refractivity contribution in [2.24, 2.45) is 0 Å². The van der Waals surface area contributed by atoms with Gasteiger partial charge >= 0.3 is 0 Å². The summed E-state index contributed by atoms with van der Waals surface area (Å²) in [6, 6.07) is 14.2. The van der Waals surface area contributed by atoms with Gasteiger partial charge in [0, 0.05) is 5.69 Å². The van der Waals surface area contributed by atoms with Crippen molar-refractivity contribution in [2.75, 3.05) is 25.5 Å². The third kappa shape index (κ3) is 7.02. The maximum atomic E-state index is 12.5. The van der Waals surface area contributed by atoms with Gasteiger partial charge in [-0.1, -0.05) is 61.4 Å². The van der Waals surface area contributed by atoms with Gasteiger partial charge in [0.25, 0.3) is 11.8 Å². The molecule has 156 valence electrons. The molecule has 0 saturated heterocycles. The largest absolute Gasteiger partial charge is 0.344 e. The zero-order valence-corrected chi connectivity index (χ0v) is 18.3. The zero-order valence-electron chi connectivity index (χ0n) is 18.3. The molecule has 0 aliphatic heterocycles. The van der Waals surface area contributed by atoms with Crippen LogP contribution in [0.25, 0.3) is 0 Å². The van der Waals surface area contributed by atoms with Crippen molar-refractivity contribution < 1.29 is 14.5 Å². The SMILES string of the molecule is CCC[C@H](NC(=O)C[NH+](C)CC(=O)Nc1c(C)cc(C)cc1C)c1ccccc1. The normalized spacial score (nSPS) is 12.9. The average Bonchev–Trinajstić information content (AvgIpc) is 2.64. The van der Waals surface area contributed by atoms with Crippen LogP contribution in [0.2, 0.25) is 0 Å². The van der Waals surface area contributed by atoms with Crippen molar-refractivity contribution in [3.05, 3.63) is 64.7 Å². The molecule has 2 aromatic carbocycles. The molecule has 2 atom stereocenters. The van der Waals surface area contributed by atoms with Crippen LogP contribution in [0.3, 0.4) is 0 Å². The molecule has 0 spiro atoms. The number of carbonyl (C=O) groups excluding carboxylic acids is 2. The molecule has 1 unspecified atom stereocenters. The Morgan fingerprint density at radius 1 is 0.966 bits per heavy atom. The van der Waals surface area contributed by atoms with Crippen LogP contribution < -0.4 is 15.5 Å². The van der Waals surface area contributed by atoms with Crippen molar-refractivity contribution in [3.8, 4) is 0 Å². The van der Waals surface area contributed by atoms with Crippen molar-refractivity contribution in [1.29, 1.82) is 0 Å². The van der Waals surface area contributed by atoms with Crippen molar-refractivity contribution in [1.82, 2.24) is 5.32 Å². The van der Waals surface area contributed by atoms with Crippen LogP contribution in [0.4, 0.5) is 5.69 Å². The molecule has 2 aromatic rings. The number of amides is 2. The van der Waals surface area contributed by atoms with Crippen LogP contribution in [0.5, 0.6) is 0 Å². The number of rotatable bonds is 9. The van der Waals surface area contributed by atoms with Gasteiger partial charge in [-0.2, -0.15) is 0 Å². The van der Waals surface area contributed by atoms with Crippen LogP contribution >= 0.6 is 0 Å². The average molecular weight is 397 g/mol. The van der Waals surface area contributed by atoms with Gasteiger partial charge in [0.1, 0.15) is 0 Å². The van der Waals surface area contributed by atoms with Crippen LogP contribution in [0.1, 0.15) is 48.1 Å². The lowest BCUT2D eigenvalue weighted by Gasteiger charge is -2.20. The van der Waals surface area contributed by atoms with E-state index in [4.69, 9.17) is 0 Å². The number of anilines is 1. The van der Waals surface area contributed by atoms with Gasteiger partial charge in [-0.25, -0.2) is 0 Å². The third-order valence-electron chi connectivity index (χ3n) is 4.98. The predicted molar refractivity (Wildman–Crippen MR) is 118 cm³/mol. The zero-order chi connectivity index (χ0) is 21.4. The molecule has 2 rings (SSSR count). The second-order valence-corrected chi connectivity index (χ2v) is 7.95. The number of likely N-dealkylation sites (N-methyl/N-ethyl adjacent to an activating group) is 1. The molecule has 0 radical (unpaired) electrons. The molecule has 5 heteroatoms. The highest BCUT2D eigenvalue weighted by atomic mass is 16.2. The van der Waals surface area contributed by atoms with Gasteiger partial charge in [-0.3, -0.25) is 9.59 Å². The highest BCUT2D eigenvalue weighted by molar-refractivity contribution is 5.93. The monoisotopic (exact) mass is 396 g/mol. The minimum absolute atomic E-state index is 0.00758. The Bertz CT molecular complexity index is 810. The number of hydrogen-bond acceptors (Lipinski definition) is 2. The van der Waals surface area contributed by atoms with E-state index in [1.54, 1.807) is 0 Å². The van der Waals surface area contributed by atoms with E-state index in [0.29, 0.717) is 0 Å². The van der Waals surface area contributed by atoms with Crippen LogP contribution in [-0.4, -0.2) is 32.0 Å². The Balaban J connectivity index is 1.90. The second-order valence-electron chi connectivity index (χ2n) is 7.95. The minimum Gasteiger partial charge on any atom is -0.344 e. The first-order valence-electron chi connectivity index (χ1n) is 10.3.